The molecule has 0 spiro atoms. The third-order valence-corrected chi connectivity index (χ3v) is 14.0. The fourth-order valence-corrected chi connectivity index (χ4v) is 11.0. The lowest BCUT2D eigenvalue weighted by molar-refractivity contribution is 0.660. The second-order valence-corrected chi connectivity index (χ2v) is 17.9. The molecule has 4 aromatic heterocycles. The molecule has 0 aliphatic heterocycles. The third kappa shape index (κ3) is 5.15. The second kappa shape index (κ2) is 13.7. The highest BCUT2D eigenvalue weighted by Crippen LogP contribution is 2.52. The maximum absolute atomic E-state index is 6.78. The summed E-state index contributed by atoms with van der Waals surface area (Å²) in [4.78, 5) is 16.1. The zero-order valence-corrected chi connectivity index (χ0v) is 36.2. The molecule has 6 nitrogen and oxygen atoms in total. The molecule has 14 rings (SSSR count). The number of hydrogen-bond acceptors (Lipinski definition) is 4. The summed E-state index contributed by atoms with van der Waals surface area (Å²) in [6.45, 7) is 4.62. The minimum atomic E-state index is -0.169. The summed E-state index contributed by atoms with van der Waals surface area (Å²) in [5.74, 6) is 1.83. The average Bonchev–Trinajstić information content (AvgIpc) is 4.09. The van der Waals surface area contributed by atoms with E-state index in [0.29, 0.717) is 17.6 Å². The van der Waals surface area contributed by atoms with Gasteiger partial charge in [0, 0.05) is 49.0 Å². The van der Waals surface area contributed by atoms with Gasteiger partial charge in [-0.1, -0.05) is 172 Å². The Hall–Kier alpha value is -8.61. The van der Waals surface area contributed by atoms with Crippen LogP contribution in [0.15, 0.2) is 205 Å². The Bertz CT molecular complexity index is 4140. The average molecular weight is 846 g/mol. The van der Waals surface area contributed by atoms with E-state index in [2.05, 4.69) is 199 Å². The minimum absolute atomic E-state index is 0.169. The van der Waals surface area contributed by atoms with E-state index in [1.165, 1.54) is 22.3 Å². The SMILES string of the molecule is CC1(C)c2ccccc2-c2c(-c3nc(-c4ccccc4)nc(-n4c5ccccc5c5cc6c(cc54)c4ccccc4n6-c4ccc(-c5ccccc5)c5oc6ccccc6c45)n3)cccc21. The van der Waals surface area contributed by atoms with Gasteiger partial charge in [-0.15, -0.1) is 0 Å². The Morgan fingerprint density at radius 1 is 0.409 bits per heavy atom. The van der Waals surface area contributed by atoms with Gasteiger partial charge >= 0.3 is 0 Å². The van der Waals surface area contributed by atoms with Crippen molar-refractivity contribution in [2.45, 2.75) is 19.3 Å². The van der Waals surface area contributed by atoms with Gasteiger partial charge in [-0.3, -0.25) is 4.57 Å². The summed E-state index contributed by atoms with van der Waals surface area (Å²) >= 11 is 0. The summed E-state index contributed by atoms with van der Waals surface area (Å²) < 4.78 is 11.5. The van der Waals surface area contributed by atoms with E-state index in [1.807, 2.05) is 24.3 Å². The van der Waals surface area contributed by atoms with E-state index < -0.39 is 0 Å². The topological polar surface area (TPSA) is 61.7 Å². The van der Waals surface area contributed by atoms with Gasteiger partial charge in [0.05, 0.1) is 33.1 Å². The van der Waals surface area contributed by atoms with E-state index in [-0.39, 0.29) is 5.41 Å². The number of hydrogen-bond donors (Lipinski definition) is 0. The molecule has 0 radical (unpaired) electrons. The molecule has 0 atom stereocenters. The Morgan fingerprint density at radius 3 is 1.74 bits per heavy atom. The molecule has 0 N–H and O–H groups in total. The van der Waals surface area contributed by atoms with Gasteiger partial charge in [0.2, 0.25) is 5.95 Å². The predicted octanol–water partition coefficient (Wildman–Crippen LogP) is 15.3. The van der Waals surface area contributed by atoms with Crippen molar-refractivity contribution >= 4 is 65.6 Å². The zero-order chi connectivity index (χ0) is 43.7. The number of aromatic nitrogens is 5. The highest BCUT2D eigenvalue weighted by atomic mass is 16.3. The highest BCUT2D eigenvalue weighted by Gasteiger charge is 2.37. The molecule has 13 aromatic rings. The molecule has 0 amide bonds. The van der Waals surface area contributed by atoms with Crippen molar-refractivity contribution in [3.8, 4) is 56.7 Å². The molecular weight excluding hydrogens is 807 g/mol. The number of nitrogens with zero attached hydrogens (tertiary/aromatic N) is 5. The van der Waals surface area contributed by atoms with Crippen molar-refractivity contribution in [3.05, 3.63) is 211 Å². The minimum Gasteiger partial charge on any atom is -0.455 e. The highest BCUT2D eigenvalue weighted by molar-refractivity contribution is 6.21. The fourth-order valence-electron chi connectivity index (χ4n) is 11.0. The van der Waals surface area contributed by atoms with Crippen LogP contribution in [-0.4, -0.2) is 24.1 Å². The van der Waals surface area contributed by atoms with E-state index in [0.717, 1.165) is 93.5 Å². The van der Waals surface area contributed by atoms with Crippen LogP contribution in [0.5, 0.6) is 0 Å². The maximum Gasteiger partial charge on any atom is 0.238 e. The number of furan rings is 1. The van der Waals surface area contributed by atoms with Crippen molar-refractivity contribution in [3.63, 3.8) is 0 Å². The predicted molar refractivity (Wildman–Crippen MR) is 270 cm³/mol. The van der Waals surface area contributed by atoms with E-state index in [4.69, 9.17) is 19.4 Å². The first-order valence-electron chi connectivity index (χ1n) is 22.5. The van der Waals surface area contributed by atoms with Crippen LogP contribution in [0.4, 0.5) is 0 Å². The second-order valence-electron chi connectivity index (χ2n) is 17.9. The van der Waals surface area contributed by atoms with Crippen molar-refractivity contribution in [2.75, 3.05) is 0 Å². The smallest absolute Gasteiger partial charge is 0.238 e. The quantitative estimate of drug-likeness (QED) is 0.173. The summed E-state index contributed by atoms with van der Waals surface area (Å²) in [6.07, 6.45) is 0. The van der Waals surface area contributed by atoms with Gasteiger partial charge in [-0.2, -0.15) is 9.97 Å². The van der Waals surface area contributed by atoms with Gasteiger partial charge in [0.15, 0.2) is 11.6 Å². The van der Waals surface area contributed by atoms with Crippen LogP contribution in [0.25, 0.3) is 122 Å². The van der Waals surface area contributed by atoms with Crippen molar-refractivity contribution in [1.82, 2.24) is 24.1 Å². The monoisotopic (exact) mass is 845 g/mol. The summed E-state index contributed by atoms with van der Waals surface area (Å²) in [5.41, 5.74) is 16.0. The normalized spacial score (nSPS) is 13.1. The number of benzene rings is 9. The summed E-state index contributed by atoms with van der Waals surface area (Å²) in [7, 11) is 0. The lowest BCUT2D eigenvalue weighted by Crippen LogP contribution is -2.14. The lowest BCUT2D eigenvalue weighted by atomic mass is 9.82. The lowest BCUT2D eigenvalue weighted by Gasteiger charge is -2.21. The van der Waals surface area contributed by atoms with Gasteiger partial charge in [0.1, 0.15) is 11.2 Å². The molecule has 0 saturated heterocycles. The summed E-state index contributed by atoms with van der Waals surface area (Å²) in [6, 6.07) is 71.1. The van der Waals surface area contributed by atoms with Gasteiger partial charge in [-0.25, -0.2) is 4.98 Å². The van der Waals surface area contributed by atoms with Crippen molar-refractivity contribution in [2.24, 2.45) is 0 Å². The van der Waals surface area contributed by atoms with Crippen molar-refractivity contribution < 1.29 is 4.42 Å². The fraction of sp³-hybridized carbons (Fsp3) is 0.0500. The molecule has 4 heterocycles. The first kappa shape index (κ1) is 36.8. The van der Waals surface area contributed by atoms with Crippen LogP contribution in [0.2, 0.25) is 0 Å². The molecule has 0 unspecified atom stereocenters. The van der Waals surface area contributed by atoms with E-state index in [1.54, 1.807) is 0 Å². The molecule has 1 aliphatic rings. The molecule has 310 valence electrons. The van der Waals surface area contributed by atoms with Crippen LogP contribution in [0, 0.1) is 0 Å². The van der Waals surface area contributed by atoms with E-state index in [9.17, 15) is 0 Å². The van der Waals surface area contributed by atoms with Crippen molar-refractivity contribution in [1.29, 1.82) is 0 Å². The molecule has 0 bridgehead atoms. The zero-order valence-electron chi connectivity index (χ0n) is 36.2. The Labute approximate surface area is 379 Å². The molecular formula is C60H39N5O. The largest absolute Gasteiger partial charge is 0.455 e. The van der Waals surface area contributed by atoms with Gasteiger partial charge < -0.3 is 8.98 Å². The Morgan fingerprint density at radius 2 is 0.985 bits per heavy atom. The molecule has 9 aromatic carbocycles. The molecule has 1 aliphatic carbocycles. The Kier molecular flexibility index (Phi) is 7.64. The number of rotatable bonds is 5. The van der Waals surface area contributed by atoms with Gasteiger partial charge in [0.25, 0.3) is 0 Å². The summed E-state index contributed by atoms with van der Waals surface area (Å²) in [5, 5.41) is 6.68. The maximum atomic E-state index is 6.78. The van der Waals surface area contributed by atoms with E-state index >= 15 is 0 Å². The third-order valence-electron chi connectivity index (χ3n) is 14.0. The number of para-hydroxylation sites is 3. The molecule has 0 fully saturated rings. The first-order chi connectivity index (χ1) is 32.5. The van der Waals surface area contributed by atoms with Gasteiger partial charge in [-0.05, 0) is 70.3 Å². The molecule has 66 heavy (non-hydrogen) atoms. The van der Waals surface area contributed by atoms with Crippen LogP contribution < -0.4 is 0 Å². The van der Waals surface area contributed by atoms with Crippen LogP contribution >= 0.6 is 0 Å². The first-order valence-corrected chi connectivity index (χ1v) is 22.5. The standard InChI is InChI=1S/C60H39N5O/c1-60(2)46-27-13-9-24-41(46)54-43(26-17-28-47(54)60)58-61-57(37-20-7-4-8-21-37)62-59(63-58)65-49-30-15-11-23-40(49)45-34-51-44(35-52(45)65)39-22-10-14-29-48(39)64(51)50-33-32-38(36-18-5-3-6-19-36)56-55(50)42-25-12-16-31-53(42)66-56/h3-35H,1-2H3. The van der Waals surface area contributed by atoms with Crippen LogP contribution in [-0.2, 0) is 5.41 Å². The molecule has 0 saturated carbocycles. The van der Waals surface area contributed by atoms with Crippen LogP contribution in [0.3, 0.4) is 0 Å². The van der Waals surface area contributed by atoms with Crippen LogP contribution in [0.1, 0.15) is 25.0 Å². The number of fused-ring (bicyclic) bond motifs is 12. The Balaban J connectivity index is 1.06. The molecule has 6 heteroatoms.